The van der Waals surface area contributed by atoms with Crippen molar-refractivity contribution >= 4 is 61.3 Å². The molecule has 1 aromatic heterocycles. The number of carbonyl (C=O) groups excluding carboxylic acids is 3. The molecule has 6 aromatic carbocycles. The van der Waals surface area contributed by atoms with E-state index in [4.69, 9.17) is 18.7 Å². The lowest BCUT2D eigenvalue weighted by Gasteiger charge is -2.49. The fourth-order valence-corrected chi connectivity index (χ4v) is 11.7. The summed E-state index contributed by atoms with van der Waals surface area (Å²) in [5, 5.41) is 9.90. The number of amides is 2. The maximum Gasteiger partial charge on any atom is 0.356 e. The predicted octanol–water partition coefficient (Wildman–Crippen LogP) is 8.13. The van der Waals surface area contributed by atoms with E-state index in [0.717, 1.165) is 33.4 Å². The van der Waals surface area contributed by atoms with Crippen molar-refractivity contribution in [1.29, 1.82) is 0 Å². The number of hydrogen-bond donors (Lipinski definition) is 2. The lowest BCUT2D eigenvalue weighted by molar-refractivity contribution is -0.154. The molecule has 0 aliphatic carbocycles. The highest BCUT2D eigenvalue weighted by atomic mass is 32.2. The van der Waals surface area contributed by atoms with Crippen LogP contribution in [0.1, 0.15) is 45.2 Å². The second-order valence-corrected chi connectivity index (χ2v) is 20.4. The third kappa shape index (κ3) is 9.98. The first-order valence-corrected chi connectivity index (χ1v) is 25.8. The summed E-state index contributed by atoms with van der Waals surface area (Å²) in [5.41, 5.74) is 3.51. The van der Waals surface area contributed by atoms with Crippen molar-refractivity contribution in [3.05, 3.63) is 244 Å². The molecule has 0 saturated carbocycles. The Morgan fingerprint density at radius 1 is 0.803 bits per heavy atom. The van der Waals surface area contributed by atoms with Crippen molar-refractivity contribution in [2.45, 2.75) is 40.1 Å². The molecule has 17 heteroatoms. The normalized spacial score (nSPS) is 18.0. The van der Waals surface area contributed by atoms with Gasteiger partial charge < -0.3 is 28.9 Å². The summed E-state index contributed by atoms with van der Waals surface area (Å²) in [6.07, 6.45) is 2.43. The molecule has 71 heavy (non-hydrogen) atoms. The number of rotatable bonds is 17. The molecule has 3 heterocycles. The largest absolute Gasteiger partial charge is 0.614 e. The molecule has 0 spiro atoms. The Morgan fingerprint density at radius 3 is 1.85 bits per heavy atom. The minimum Gasteiger partial charge on any atom is -0.614 e. The first-order valence-electron chi connectivity index (χ1n) is 22.2. The molecule has 358 valence electrons. The number of aromatic nitrogens is 1. The van der Waals surface area contributed by atoms with Gasteiger partial charge in [-0.2, -0.15) is 8.42 Å². The number of carbonyl (C=O) groups is 3. The third-order valence-electron chi connectivity index (χ3n) is 11.9. The van der Waals surface area contributed by atoms with Crippen LogP contribution in [0.4, 0.5) is 5.13 Å². The van der Waals surface area contributed by atoms with Gasteiger partial charge in [0.25, 0.3) is 11.8 Å². The van der Waals surface area contributed by atoms with E-state index in [1.54, 1.807) is 66.0 Å². The first kappa shape index (κ1) is 48.2. The van der Waals surface area contributed by atoms with E-state index in [2.05, 4.69) is 15.8 Å². The van der Waals surface area contributed by atoms with E-state index in [0.29, 0.717) is 16.3 Å². The molecule has 2 aliphatic heterocycles. The van der Waals surface area contributed by atoms with Crippen LogP contribution in [0.5, 0.6) is 0 Å². The molecule has 0 bridgehead atoms. The third-order valence-corrected chi connectivity index (χ3v) is 15.6. The van der Waals surface area contributed by atoms with E-state index in [1.165, 1.54) is 42.7 Å². The van der Waals surface area contributed by atoms with Gasteiger partial charge in [0, 0.05) is 17.5 Å². The van der Waals surface area contributed by atoms with Crippen LogP contribution in [0, 0.1) is 6.92 Å². The van der Waals surface area contributed by atoms with Gasteiger partial charge in [0.15, 0.2) is 28.2 Å². The van der Waals surface area contributed by atoms with Crippen LogP contribution in [0.2, 0.25) is 0 Å². The van der Waals surface area contributed by atoms with Crippen molar-refractivity contribution in [1.82, 2.24) is 15.2 Å². The summed E-state index contributed by atoms with van der Waals surface area (Å²) in [5.74, 6) is -2.58. The minimum absolute atomic E-state index is 0.108. The number of oxime groups is 1. The standard InChI is InChI=1S/C54H45N5O9S3/c1-36-28-30-43(31-29-36)71(64,65)67-33-32-42-34-45(52(62)68-48(37-18-8-3-9-19-37)38-20-10-4-11-21-38)59-50(61)47(51(59)70(42)63)56-49(60)46(58-66-2)44-35-69-53(55-44)57-54(39-22-12-5-13-23-39,40-24-14-6-15-25-40)41-26-16-7-17-27-41/h3-35,42,47-48,51H,1-2H3,(H,55,57)(H,56,60). The fourth-order valence-electron chi connectivity index (χ4n) is 8.44. The van der Waals surface area contributed by atoms with Crippen LogP contribution in [-0.2, 0) is 55.0 Å². The number of esters is 1. The Bertz CT molecular complexity index is 3080. The van der Waals surface area contributed by atoms with Gasteiger partial charge in [-0.3, -0.25) is 14.5 Å². The summed E-state index contributed by atoms with van der Waals surface area (Å²) in [6.45, 7) is 1.81. The Labute approximate surface area is 417 Å². The molecule has 2 aliphatic rings. The molecule has 4 unspecified atom stereocenters. The van der Waals surface area contributed by atoms with Gasteiger partial charge in [0.05, 0.1) is 0 Å². The molecule has 0 radical (unpaired) electrons. The van der Waals surface area contributed by atoms with Crippen LogP contribution in [0.15, 0.2) is 215 Å². The SMILES string of the molecule is CON=C(C(=O)NC1C(=O)N2C(C(=O)OC(c3ccccc3)c3ccccc3)=CC(C=COS(=O)(=O)c3ccc(C)cc3)[S+]([O-])C12)c1csc(NC(c2ccccc2)(c2ccccc2)c2ccccc2)n1. The van der Waals surface area contributed by atoms with E-state index in [-0.39, 0.29) is 22.0 Å². The Hall–Kier alpha value is -7.83. The van der Waals surface area contributed by atoms with Crippen molar-refractivity contribution in [3.8, 4) is 0 Å². The van der Waals surface area contributed by atoms with Gasteiger partial charge in [-0.15, -0.1) is 11.3 Å². The number of anilines is 1. The van der Waals surface area contributed by atoms with Crippen LogP contribution >= 0.6 is 11.3 Å². The number of benzene rings is 6. The number of hydrogen-bond acceptors (Lipinski definition) is 13. The van der Waals surface area contributed by atoms with Gasteiger partial charge in [0.2, 0.25) is 5.37 Å². The summed E-state index contributed by atoms with van der Waals surface area (Å²) in [6, 6.07) is 52.3. The molecule has 9 rings (SSSR count). The van der Waals surface area contributed by atoms with Crippen molar-refractivity contribution in [3.63, 3.8) is 0 Å². The zero-order chi connectivity index (χ0) is 49.5. The van der Waals surface area contributed by atoms with E-state index in [9.17, 15) is 27.4 Å². The van der Waals surface area contributed by atoms with Gasteiger partial charge in [-0.05, 0) is 58.0 Å². The predicted molar refractivity (Wildman–Crippen MR) is 270 cm³/mol. The van der Waals surface area contributed by atoms with Crippen LogP contribution in [-0.4, -0.2) is 70.1 Å². The summed E-state index contributed by atoms with van der Waals surface area (Å²) in [7, 11) is -3.04. The Balaban J connectivity index is 1.01. The number of ether oxygens (including phenoxy) is 1. The van der Waals surface area contributed by atoms with Crippen molar-refractivity contribution < 1.29 is 41.1 Å². The summed E-state index contributed by atoms with van der Waals surface area (Å²) >= 11 is -0.885. The van der Waals surface area contributed by atoms with E-state index in [1.807, 2.05) is 110 Å². The number of thiazole rings is 1. The highest BCUT2D eigenvalue weighted by molar-refractivity contribution is 7.93. The quantitative estimate of drug-likeness (QED) is 0.0131. The number of aryl methyl sites for hydroxylation is 1. The Morgan fingerprint density at radius 2 is 1.32 bits per heavy atom. The maximum absolute atomic E-state index is 14.5. The highest BCUT2D eigenvalue weighted by Gasteiger charge is 2.62. The van der Waals surface area contributed by atoms with Crippen molar-refractivity contribution in [2.24, 2.45) is 5.16 Å². The zero-order valence-corrected chi connectivity index (χ0v) is 40.6. The lowest BCUT2D eigenvalue weighted by Crippen LogP contribution is -2.75. The second-order valence-electron chi connectivity index (χ2n) is 16.3. The molecule has 7 aromatic rings. The minimum atomic E-state index is -4.30. The van der Waals surface area contributed by atoms with Gasteiger partial charge in [0.1, 0.15) is 35.2 Å². The molecule has 2 amide bonds. The zero-order valence-electron chi connectivity index (χ0n) is 38.1. The summed E-state index contributed by atoms with van der Waals surface area (Å²) in [4.78, 5) is 53.9. The topological polar surface area (TPSA) is 189 Å². The van der Waals surface area contributed by atoms with Gasteiger partial charge in [-0.25, -0.2) is 9.78 Å². The molecular formula is C54H45N5O9S3. The number of β-lactam (4-membered cyclic amide) rings is 1. The van der Waals surface area contributed by atoms with Crippen molar-refractivity contribution in [2.75, 3.05) is 12.4 Å². The first-order chi connectivity index (χ1) is 34.5. The van der Waals surface area contributed by atoms with Crippen LogP contribution < -0.4 is 10.6 Å². The number of nitrogens with one attached hydrogen (secondary N) is 2. The monoisotopic (exact) mass is 1000 g/mol. The molecule has 2 N–H and O–H groups in total. The Kier molecular flexibility index (Phi) is 14.3. The van der Waals surface area contributed by atoms with Crippen LogP contribution in [0.3, 0.4) is 0 Å². The second kappa shape index (κ2) is 21.0. The highest BCUT2D eigenvalue weighted by Crippen LogP contribution is 2.42. The molecule has 1 fully saturated rings. The van der Waals surface area contributed by atoms with E-state index >= 15 is 0 Å². The molecular weight excluding hydrogens is 959 g/mol. The maximum atomic E-state index is 14.5. The average Bonchev–Trinajstić information content (AvgIpc) is 3.87. The average molecular weight is 1000 g/mol. The molecule has 1 saturated heterocycles. The molecule has 14 nitrogen and oxygen atoms in total. The summed E-state index contributed by atoms with van der Waals surface area (Å²) < 4.78 is 52.1. The molecule has 4 atom stereocenters. The smallest absolute Gasteiger partial charge is 0.356 e. The number of fused-ring (bicyclic) bond motifs is 1. The van der Waals surface area contributed by atoms with E-state index < -0.39 is 67.4 Å². The fraction of sp³-hybridized carbons (Fsp3) is 0.130. The van der Waals surface area contributed by atoms with Crippen LogP contribution in [0.25, 0.3) is 0 Å². The number of nitrogens with zero attached hydrogens (tertiary/aromatic N) is 3. The van der Waals surface area contributed by atoms with Gasteiger partial charge in [-0.1, -0.05) is 175 Å². The van der Waals surface area contributed by atoms with Gasteiger partial charge >= 0.3 is 16.1 Å². The lowest BCUT2D eigenvalue weighted by atomic mass is 9.77.